The van der Waals surface area contributed by atoms with Gasteiger partial charge in [0.25, 0.3) is 12.9 Å². The van der Waals surface area contributed by atoms with Gasteiger partial charge in [-0.2, -0.15) is 5.10 Å². The van der Waals surface area contributed by atoms with Gasteiger partial charge in [0.05, 0.1) is 27.6 Å². The fourth-order valence-electron chi connectivity index (χ4n) is 4.52. The topological polar surface area (TPSA) is 87.3 Å². The Morgan fingerprint density at radius 3 is 2.54 bits per heavy atom. The molecule has 4 heterocycles. The Morgan fingerprint density at radius 1 is 1.12 bits per heavy atom. The zero-order valence-corrected chi connectivity index (χ0v) is 24.2. The van der Waals surface area contributed by atoms with E-state index in [2.05, 4.69) is 31.0 Å². The number of aryl methyl sites for hydroxylation is 1. The van der Waals surface area contributed by atoms with Crippen LogP contribution < -0.4 is 4.74 Å². The van der Waals surface area contributed by atoms with E-state index in [0.717, 1.165) is 10.7 Å². The van der Waals surface area contributed by atoms with Crippen molar-refractivity contribution in [1.29, 1.82) is 0 Å². The average Bonchev–Trinajstić information content (AvgIpc) is 3.61. The first-order valence-electron chi connectivity index (χ1n) is 12.8. The molecule has 0 spiro atoms. The maximum Gasteiger partial charge on any atom is 0.410 e. The fraction of sp³-hybridized carbons (Fsp3) is 0.407. The Balaban J connectivity index is 1.46. The summed E-state index contributed by atoms with van der Waals surface area (Å²) in [5.74, 6) is 0.459. The summed E-state index contributed by atoms with van der Waals surface area (Å²) in [6.07, 6.45) is -4.37. The first kappa shape index (κ1) is 28.8. The predicted molar refractivity (Wildman–Crippen MR) is 145 cm³/mol. The van der Waals surface area contributed by atoms with Gasteiger partial charge in [0.1, 0.15) is 35.3 Å². The Morgan fingerprint density at radius 2 is 1.88 bits per heavy atom. The van der Waals surface area contributed by atoms with E-state index in [1.807, 2.05) is 0 Å². The maximum absolute atomic E-state index is 13.9. The van der Waals surface area contributed by atoms with Crippen LogP contribution in [0, 0.1) is 6.92 Å². The molecule has 1 aromatic carbocycles. The first-order valence-corrected chi connectivity index (χ1v) is 13.6. The van der Waals surface area contributed by atoms with Gasteiger partial charge in [0.15, 0.2) is 5.82 Å². The summed E-state index contributed by atoms with van der Waals surface area (Å²) in [5.41, 5.74) is -0.217. The van der Waals surface area contributed by atoms with Crippen LogP contribution in [0.2, 0.25) is 0 Å². The van der Waals surface area contributed by atoms with Gasteiger partial charge >= 0.3 is 6.09 Å². The number of pyridine rings is 1. The van der Waals surface area contributed by atoms with E-state index in [1.54, 1.807) is 42.4 Å². The molecule has 0 saturated carbocycles. The monoisotopic (exact) mass is 638 g/mol. The lowest BCUT2D eigenvalue weighted by atomic mass is 10.2. The summed E-state index contributed by atoms with van der Waals surface area (Å²) in [4.78, 5) is 22.8. The normalized spacial score (nSPS) is 15.9. The SMILES string of the molecule is Cc1cc(C(F)F)nn1-c1nc(-n2cnc3cc(Br)c(OC4CCN(C(=O)OC(C)(C)C)C4)cc32)ccc1C(F)F. The molecule has 5 rings (SSSR count). The lowest BCUT2D eigenvalue weighted by Crippen LogP contribution is -2.36. The Kier molecular flexibility index (Phi) is 7.70. The number of carbonyl (C=O) groups excluding carboxylic acids is 1. The summed E-state index contributed by atoms with van der Waals surface area (Å²) in [6.45, 7) is 7.74. The minimum absolute atomic E-state index is 0.227. The molecule has 1 saturated heterocycles. The molecule has 0 aliphatic carbocycles. The number of carbonyl (C=O) groups is 1. The van der Waals surface area contributed by atoms with E-state index in [9.17, 15) is 22.4 Å². The molecule has 0 N–H and O–H groups in total. The van der Waals surface area contributed by atoms with Crippen LogP contribution in [0.25, 0.3) is 22.7 Å². The molecule has 0 bridgehead atoms. The number of alkyl halides is 4. The van der Waals surface area contributed by atoms with Crippen LogP contribution in [0.4, 0.5) is 22.4 Å². The average molecular weight is 639 g/mol. The van der Waals surface area contributed by atoms with E-state index >= 15 is 0 Å². The van der Waals surface area contributed by atoms with Gasteiger partial charge in [-0.05, 0) is 67.9 Å². The zero-order chi connectivity index (χ0) is 29.6. The van der Waals surface area contributed by atoms with Crippen molar-refractivity contribution in [3.05, 3.63) is 58.1 Å². The molecule has 1 aliphatic rings. The molecule has 14 heteroatoms. The molecule has 3 aromatic heterocycles. The van der Waals surface area contributed by atoms with Crippen molar-refractivity contribution in [2.45, 2.75) is 58.7 Å². The molecular weight excluding hydrogens is 612 g/mol. The second-order valence-electron chi connectivity index (χ2n) is 10.6. The molecule has 1 atom stereocenters. The highest BCUT2D eigenvalue weighted by atomic mass is 79.9. The third-order valence-electron chi connectivity index (χ3n) is 6.39. The number of ether oxygens (including phenoxy) is 2. The molecule has 41 heavy (non-hydrogen) atoms. The number of fused-ring (bicyclic) bond motifs is 1. The van der Waals surface area contributed by atoms with Gasteiger partial charge in [-0.3, -0.25) is 4.57 Å². The van der Waals surface area contributed by atoms with E-state index in [0.29, 0.717) is 40.8 Å². The van der Waals surface area contributed by atoms with E-state index in [4.69, 9.17) is 9.47 Å². The van der Waals surface area contributed by atoms with Crippen LogP contribution in [0.1, 0.15) is 57.0 Å². The van der Waals surface area contributed by atoms with Crippen molar-refractivity contribution in [3.63, 3.8) is 0 Å². The lowest BCUT2D eigenvalue weighted by molar-refractivity contribution is 0.0275. The van der Waals surface area contributed by atoms with E-state index in [1.165, 1.54) is 25.4 Å². The number of aromatic nitrogens is 5. The highest BCUT2D eigenvalue weighted by Gasteiger charge is 2.31. The van der Waals surface area contributed by atoms with Crippen molar-refractivity contribution in [3.8, 4) is 17.4 Å². The molecule has 1 aliphatic heterocycles. The zero-order valence-electron chi connectivity index (χ0n) is 22.6. The van der Waals surface area contributed by atoms with Crippen molar-refractivity contribution in [1.82, 2.24) is 29.2 Å². The van der Waals surface area contributed by atoms with Crippen LogP contribution in [-0.2, 0) is 4.74 Å². The number of nitrogens with zero attached hydrogens (tertiary/aromatic N) is 6. The molecule has 9 nitrogen and oxygen atoms in total. The Bertz CT molecular complexity index is 1600. The van der Waals surface area contributed by atoms with Crippen LogP contribution in [0.3, 0.4) is 0 Å². The van der Waals surface area contributed by atoms with Gasteiger partial charge < -0.3 is 14.4 Å². The molecule has 4 aromatic rings. The fourth-order valence-corrected chi connectivity index (χ4v) is 4.95. The van der Waals surface area contributed by atoms with Gasteiger partial charge in [-0.25, -0.2) is 37.0 Å². The second kappa shape index (κ2) is 11.0. The largest absolute Gasteiger partial charge is 0.487 e. The van der Waals surface area contributed by atoms with E-state index in [-0.39, 0.29) is 23.4 Å². The summed E-state index contributed by atoms with van der Waals surface area (Å²) in [7, 11) is 0. The van der Waals surface area contributed by atoms with E-state index < -0.39 is 35.8 Å². The smallest absolute Gasteiger partial charge is 0.410 e. The van der Waals surface area contributed by atoms with Crippen LogP contribution in [0.15, 0.2) is 41.1 Å². The standard InChI is InChI=1S/C27H27BrF4N6O3/c1-14-9-19(24(31)32)35-38(14)25-16(23(29)30)5-6-22(34-25)37-13-33-18-10-17(28)21(11-20(18)37)40-15-7-8-36(12-15)26(39)41-27(2,3)4/h5-6,9-11,13,15,23-24H,7-8,12H2,1-4H3. The quantitative estimate of drug-likeness (QED) is 0.213. The van der Waals surface area contributed by atoms with Crippen LogP contribution in [0.5, 0.6) is 5.75 Å². The molecule has 1 amide bonds. The van der Waals surface area contributed by atoms with Gasteiger partial charge in [-0.1, -0.05) is 0 Å². The third kappa shape index (κ3) is 6.02. The minimum atomic E-state index is -2.91. The predicted octanol–water partition coefficient (Wildman–Crippen LogP) is 6.94. The van der Waals surface area contributed by atoms with Crippen molar-refractivity contribution < 1.29 is 31.8 Å². The first-order chi connectivity index (χ1) is 19.3. The number of benzene rings is 1. The van der Waals surface area contributed by atoms with Gasteiger partial charge in [0.2, 0.25) is 0 Å². The van der Waals surface area contributed by atoms with Crippen molar-refractivity contribution >= 4 is 33.1 Å². The highest BCUT2D eigenvalue weighted by Crippen LogP contribution is 2.34. The Labute approximate surface area is 241 Å². The lowest BCUT2D eigenvalue weighted by Gasteiger charge is -2.24. The number of hydrogen-bond donors (Lipinski definition) is 0. The number of hydrogen-bond acceptors (Lipinski definition) is 6. The summed E-state index contributed by atoms with van der Waals surface area (Å²) in [5, 5.41) is 3.81. The molecule has 1 fully saturated rings. The Hall–Kier alpha value is -3.68. The molecular formula is C27H27BrF4N6O3. The maximum atomic E-state index is 13.9. The summed E-state index contributed by atoms with van der Waals surface area (Å²) < 4.78 is 69.2. The van der Waals surface area contributed by atoms with Crippen LogP contribution in [-0.4, -0.2) is 60.1 Å². The number of likely N-dealkylation sites (tertiary alicyclic amines) is 1. The second-order valence-corrected chi connectivity index (χ2v) is 11.5. The number of rotatable bonds is 6. The minimum Gasteiger partial charge on any atom is -0.487 e. The van der Waals surface area contributed by atoms with Crippen LogP contribution >= 0.6 is 15.9 Å². The molecule has 0 radical (unpaired) electrons. The number of halogens is 5. The van der Waals surface area contributed by atoms with Crippen molar-refractivity contribution in [2.24, 2.45) is 0 Å². The van der Waals surface area contributed by atoms with Gasteiger partial charge in [-0.15, -0.1) is 0 Å². The number of amides is 1. The molecule has 1 unspecified atom stereocenters. The van der Waals surface area contributed by atoms with Gasteiger partial charge in [0, 0.05) is 24.7 Å². The number of imidazole rings is 1. The summed E-state index contributed by atoms with van der Waals surface area (Å²) in [6, 6.07) is 7.21. The third-order valence-corrected chi connectivity index (χ3v) is 7.01. The summed E-state index contributed by atoms with van der Waals surface area (Å²) >= 11 is 3.51. The van der Waals surface area contributed by atoms with Crippen molar-refractivity contribution in [2.75, 3.05) is 13.1 Å². The highest BCUT2D eigenvalue weighted by molar-refractivity contribution is 9.10. The molecule has 218 valence electrons.